The van der Waals surface area contributed by atoms with E-state index in [1.807, 2.05) is 22.4 Å². The fourth-order valence-electron chi connectivity index (χ4n) is 1.55. The second-order valence-electron chi connectivity index (χ2n) is 3.35. The minimum atomic E-state index is 0.320. The van der Waals surface area contributed by atoms with Crippen molar-refractivity contribution in [3.63, 3.8) is 0 Å². The number of thiophene rings is 1. The molecule has 0 amide bonds. The van der Waals surface area contributed by atoms with Crippen LogP contribution >= 0.6 is 11.3 Å². The Morgan fingerprint density at radius 2 is 2.00 bits per heavy atom. The second kappa shape index (κ2) is 6.23. The summed E-state index contributed by atoms with van der Waals surface area (Å²) in [6.45, 7) is 7.41. The topological polar surface area (TPSA) is 44.2 Å². The summed E-state index contributed by atoms with van der Waals surface area (Å²) in [5.74, 6) is 0.882. The fraction of sp³-hybridized carbons (Fsp3) is 0.333. The van der Waals surface area contributed by atoms with Crippen LogP contribution in [0.2, 0.25) is 0 Å². The number of piperidine rings is 1. The number of ketones is 1. The van der Waals surface area contributed by atoms with Crippen LogP contribution in [-0.2, 0) is 4.79 Å². The highest BCUT2D eigenvalue weighted by atomic mass is 32.1. The molecular weight excluding hydrogens is 220 g/mol. The van der Waals surface area contributed by atoms with Gasteiger partial charge >= 0.3 is 0 Å². The molecule has 0 atom stereocenters. The van der Waals surface area contributed by atoms with E-state index >= 15 is 0 Å². The number of rotatable bonds is 1. The first kappa shape index (κ1) is 12.6. The van der Waals surface area contributed by atoms with Crippen molar-refractivity contribution in [1.82, 2.24) is 4.90 Å². The molecule has 0 spiro atoms. The molecule has 1 fully saturated rings. The molecular formula is C12H16N2OS. The standard InChI is InChI=1S/C10H12N2OS.C2H4/c11-10(9-2-1-7-14-9)12-5-3-8(13)4-6-12;1-2/h1-2,7,11H,3-6H2;1-2H2. The molecule has 2 heterocycles. The molecule has 16 heavy (non-hydrogen) atoms. The summed E-state index contributed by atoms with van der Waals surface area (Å²) in [5.41, 5.74) is 0. The van der Waals surface area contributed by atoms with Crippen molar-refractivity contribution in [1.29, 1.82) is 5.41 Å². The van der Waals surface area contributed by atoms with Crippen LogP contribution in [-0.4, -0.2) is 29.6 Å². The molecule has 1 aromatic rings. The Morgan fingerprint density at radius 3 is 2.50 bits per heavy atom. The summed E-state index contributed by atoms with van der Waals surface area (Å²) in [6.07, 6.45) is 1.18. The molecule has 0 aromatic carbocycles. The molecule has 1 aliphatic rings. The van der Waals surface area contributed by atoms with Crippen molar-refractivity contribution < 1.29 is 4.79 Å². The Hall–Kier alpha value is -1.42. The van der Waals surface area contributed by atoms with Crippen LogP contribution in [0.15, 0.2) is 30.7 Å². The van der Waals surface area contributed by atoms with E-state index in [0.717, 1.165) is 4.88 Å². The number of amidine groups is 1. The van der Waals surface area contributed by atoms with Crippen molar-refractivity contribution in [2.75, 3.05) is 13.1 Å². The molecule has 1 saturated heterocycles. The van der Waals surface area contributed by atoms with E-state index in [2.05, 4.69) is 13.2 Å². The third kappa shape index (κ3) is 3.03. The number of hydrogen-bond acceptors (Lipinski definition) is 3. The van der Waals surface area contributed by atoms with Crippen LogP contribution in [0.3, 0.4) is 0 Å². The van der Waals surface area contributed by atoms with E-state index < -0.39 is 0 Å². The summed E-state index contributed by atoms with van der Waals surface area (Å²) in [4.78, 5) is 14.0. The number of likely N-dealkylation sites (tertiary alicyclic amines) is 1. The lowest BCUT2D eigenvalue weighted by molar-refractivity contribution is -0.120. The number of carbonyl (C=O) groups excluding carboxylic acids is 1. The van der Waals surface area contributed by atoms with Crippen LogP contribution in [0.4, 0.5) is 0 Å². The Labute approximate surface area is 99.9 Å². The lowest BCUT2D eigenvalue weighted by Crippen LogP contribution is -2.38. The van der Waals surface area contributed by atoms with Crippen molar-refractivity contribution in [2.45, 2.75) is 12.8 Å². The first-order valence-electron chi connectivity index (χ1n) is 5.16. The van der Waals surface area contributed by atoms with Gasteiger partial charge in [-0.2, -0.15) is 0 Å². The van der Waals surface area contributed by atoms with Gasteiger partial charge in [0.25, 0.3) is 0 Å². The maximum absolute atomic E-state index is 11.0. The minimum Gasteiger partial charge on any atom is -0.355 e. The van der Waals surface area contributed by atoms with Crippen molar-refractivity contribution >= 4 is 23.0 Å². The van der Waals surface area contributed by atoms with E-state index in [9.17, 15) is 4.79 Å². The highest BCUT2D eigenvalue weighted by Crippen LogP contribution is 2.15. The molecule has 1 aromatic heterocycles. The Balaban J connectivity index is 0.000000606. The van der Waals surface area contributed by atoms with Crippen LogP contribution in [0.1, 0.15) is 17.7 Å². The summed E-state index contributed by atoms with van der Waals surface area (Å²) >= 11 is 1.57. The largest absolute Gasteiger partial charge is 0.355 e. The molecule has 4 heteroatoms. The average molecular weight is 236 g/mol. The van der Waals surface area contributed by atoms with E-state index in [4.69, 9.17) is 5.41 Å². The summed E-state index contributed by atoms with van der Waals surface area (Å²) in [6, 6.07) is 3.90. The Morgan fingerprint density at radius 1 is 1.38 bits per heavy atom. The molecule has 1 N–H and O–H groups in total. The normalized spacial score (nSPS) is 15.2. The predicted octanol–water partition coefficient (Wildman–Crippen LogP) is 2.54. The zero-order chi connectivity index (χ0) is 12.0. The second-order valence-corrected chi connectivity index (χ2v) is 4.30. The van der Waals surface area contributed by atoms with Gasteiger partial charge in [0.1, 0.15) is 11.6 Å². The quantitative estimate of drug-likeness (QED) is 0.462. The van der Waals surface area contributed by atoms with Gasteiger partial charge in [-0.3, -0.25) is 10.2 Å². The van der Waals surface area contributed by atoms with Gasteiger partial charge < -0.3 is 4.90 Å². The van der Waals surface area contributed by atoms with E-state index in [1.165, 1.54) is 0 Å². The fourth-order valence-corrected chi connectivity index (χ4v) is 2.25. The van der Waals surface area contributed by atoms with Gasteiger partial charge in [-0.25, -0.2) is 0 Å². The first-order valence-corrected chi connectivity index (χ1v) is 6.04. The monoisotopic (exact) mass is 236 g/mol. The van der Waals surface area contributed by atoms with Gasteiger partial charge in [0.05, 0.1) is 4.88 Å². The van der Waals surface area contributed by atoms with Crippen molar-refractivity contribution in [3.8, 4) is 0 Å². The maximum atomic E-state index is 11.0. The van der Waals surface area contributed by atoms with Crippen LogP contribution < -0.4 is 0 Å². The SMILES string of the molecule is C=C.N=C(c1cccs1)N1CCC(=O)CC1. The van der Waals surface area contributed by atoms with Gasteiger partial charge in [0, 0.05) is 25.9 Å². The molecule has 2 rings (SSSR count). The van der Waals surface area contributed by atoms with Gasteiger partial charge in [0.2, 0.25) is 0 Å². The zero-order valence-corrected chi connectivity index (χ0v) is 10.1. The smallest absolute Gasteiger partial charge is 0.138 e. The molecule has 3 nitrogen and oxygen atoms in total. The van der Waals surface area contributed by atoms with E-state index in [0.29, 0.717) is 37.6 Å². The molecule has 0 radical (unpaired) electrons. The highest BCUT2D eigenvalue weighted by Gasteiger charge is 2.19. The number of hydrogen-bond donors (Lipinski definition) is 1. The molecule has 0 saturated carbocycles. The predicted molar refractivity (Wildman–Crippen MR) is 68.2 cm³/mol. The minimum absolute atomic E-state index is 0.320. The summed E-state index contributed by atoms with van der Waals surface area (Å²) in [5, 5.41) is 9.90. The lowest BCUT2D eigenvalue weighted by atomic mass is 10.1. The van der Waals surface area contributed by atoms with Crippen LogP contribution in [0.25, 0.3) is 0 Å². The third-order valence-electron chi connectivity index (χ3n) is 2.39. The van der Waals surface area contributed by atoms with Crippen molar-refractivity contribution in [3.05, 3.63) is 35.5 Å². The molecule has 0 aliphatic carbocycles. The summed E-state index contributed by atoms with van der Waals surface area (Å²) in [7, 11) is 0. The highest BCUT2D eigenvalue weighted by molar-refractivity contribution is 7.12. The summed E-state index contributed by atoms with van der Waals surface area (Å²) < 4.78 is 0. The van der Waals surface area contributed by atoms with E-state index in [1.54, 1.807) is 11.3 Å². The Kier molecular flexibility index (Phi) is 4.92. The van der Waals surface area contributed by atoms with Crippen LogP contribution in [0, 0.1) is 5.41 Å². The average Bonchev–Trinajstić information content (AvgIpc) is 2.85. The van der Waals surface area contributed by atoms with Crippen LogP contribution in [0.5, 0.6) is 0 Å². The van der Waals surface area contributed by atoms with Gasteiger partial charge in [0.15, 0.2) is 0 Å². The maximum Gasteiger partial charge on any atom is 0.138 e. The number of nitrogens with zero attached hydrogens (tertiary/aromatic N) is 1. The van der Waals surface area contributed by atoms with Gasteiger partial charge in [-0.1, -0.05) is 6.07 Å². The lowest BCUT2D eigenvalue weighted by Gasteiger charge is -2.27. The van der Waals surface area contributed by atoms with Gasteiger partial charge in [-0.15, -0.1) is 24.5 Å². The number of nitrogens with one attached hydrogen (secondary N) is 1. The molecule has 1 aliphatic heterocycles. The first-order chi connectivity index (χ1) is 7.77. The van der Waals surface area contributed by atoms with E-state index in [-0.39, 0.29) is 0 Å². The zero-order valence-electron chi connectivity index (χ0n) is 9.24. The third-order valence-corrected chi connectivity index (χ3v) is 3.27. The number of carbonyl (C=O) groups is 1. The molecule has 86 valence electrons. The molecule has 0 bridgehead atoms. The van der Waals surface area contributed by atoms with Gasteiger partial charge in [-0.05, 0) is 11.4 Å². The Bertz CT molecular complexity index is 349. The number of Topliss-reactive ketones (excluding diaryl/α,β-unsaturated/α-hetero) is 1. The van der Waals surface area contributed by atoms with Crippen molar-refractivity contribution in [2.24, 2.45) is 0 Å². The molecule has 0 unspecified atom stereocenters.